The highest BCUT2D eigenvalue weighted by molar-refractivity contribution is 7.20. The third-order valence-electron chi connectivity index (χ3n) is 5.30. The monoisotopic (exact) mass is 398 g/mol. The Morgan fingerprint density at radius 1 is 1.29 bits per heavy atom. The van der Waals surface area contributed by atoms with Crippen LogP contribution in [0.3, 0.4) is 0 Å². The van der Waals surface area contributed by atoms with E-state index in [1.165, 1.54) is 11.3 Å². The van der Waals surface area contributed by atoms with Crippen LogP contribution >= 0.6 is 11.3 Å². The average Bonchev–Trinajstić information content (AvgIpc) is 3.29. The molecule has 2 aromatic heterocycles. The van der Waals surface area contributed by atoms with E-state index in [9.17, 15) is 4.79 Å². The molecule has 0 atom stereocenters. The molecule has 0 saturated carbocycles. The van der Waals surface area contributed by atoms with Crippen molar-refractivity contribution in [2.45, 2.75) is 25.8 Å². The molecule has 4 rings (SSSR count). The third kappa shape index (κ3) is 3.97. The van der Waals surface area contributed by atoms with Crippen molar-refractivity contribution in [2.24, 2.45) is 0 Å². The van der Waals surface area contributed by atoms with Crippen LogP contribution in [0.25, 0.3) is 15.9 Å². The summed E-state index contributed by atoms with van der Waals surface area (Å²) in [7, 11) is 1.73. The largest absolute Gasteiger partial charge is 0.383 e. The molecule has 0 bridgehead atoms. The molecular formula is C21H26N4O2S. The zero-order valence-corrected chi connectivity index (χ0v) is 17.2. The highest BCUT2D eigenvalue weighted by Crippen LogP contribution is 2.30. The van der Waals surface area contributed by atoms with Crippen LogP contribution in [0.2, 0.25) is 0 Å². The number of thiophene rings is 1. The van der Waals surface area contributed by atoms with E-state index in [2.05, 4.69) is 15.3 Å². The van der Waals surface area contributed by atoms with Crippen molar-refractivity contribution >= 4 is 27.5 Å². The third-order valence-corrected chi connectivity index (χ3v) is 6.41. The van der Waals surface area contributed by atoms with Crippen molar-refractivity contribution < 1.29 is 9.53 Å². The molecule has 7 heteroatoms. The Hall–Kier alpha value is -2.22. The molecular weight excluding hydrogens is 372 g/mol. The number of ether oxygens (including phenoxy) is 1. The Morgan fingerprint density at radius 3 is 2.75 bits per heavy atom. The summed E-state index contributed by atoms with van der Waals surface area (Å²) in [5.74, 6) is 0.0237. The summed E-state index contributed by atoms with van der Waals surface area (Å²) in [4.78, 5) is 17.0. The van der Waals surface area contributed by atoms with Gasteiger partial charge in [0.2, 0.25) is 0 Å². The first-order chi connectivity index (χ1) is 13.7. The van der Waals surface area contributed by atoms with Gasteiger partial charge < -0.3 is 15.0 Å². The second-order valence-corrected chi connectivity index (χ2v) is 8.28. The lowest BCUT2D eigenvalue weighted by Gasteiger charge is -2.32. The van der Waals surface area contributed by atoms with E-state index in [1.807, 2.05) is 48.0 Å². The molecule has 6 nitrogen and oxygen atoms in total. The quantitative estimate of drug-likeness (QED) is 0.693. The lowest BCUT2D eigenvalue weighted by molar-refractivity contribution is 0.0896. The predicted molar refractivity (Wildman–Crippen MR) is 112 cm³/mol. The first kappa shape index (κ1) is 19.1. The van der Waals surface area contributed by atoms with Gasteiger partial charge in [-0.15, -0.1) is 11.3 Å². The molecule has 1 aliphatic rings. The van der Waals surface area contributed by atoms with Crippen molar-refractivity contribution in [3.8, 4) is 5.69 Å². The highest BCUT2D eigenvalue weighted by atomic mass is 32.1. The number of benzene rings is 1. The number of nitrogens with one attached hydrogen (secondary N) is 1. The number of para-hydroxylation sites is 1. The summed E-state index contributed by atoms with van der Waals surface area (Å²) < 4.78 is 7.08. The van der Waals surface area contributed by atoms with Gasteiger partial charge in [0.25, 0.3) is 5.91 Å². The molecule has 1 amide bonds. The standard InChI is InChI=1S/C21H26N4O2S/c1-15-18-14-19(28-21(18)25(23-15)17-6-4-3-5-7-17)20(26)22-16-8-10-24(11-9-16)12-13-27-2/h3-7,14,16H,8-13H2,1-2H3,(H,22,26). The van der Waals surface area contributed by atoms with Crippen LogP contribution in [0.15, 0.2) is 36.4 Å². The van der Waals surface area contributed by atoms with Crippen LogP contribution in [-0.2, 0) is 4.74 Å². The Labute approximate surface area is 169 Å². The minimum Gasteiger partial charge on any atom is -0.383 e. The molecule has 148 valence electrons. The number of rotatable bonds is 6. The van der Waals surface area contributed by atoms with E-state index in [4.69, 9.17) is 4.74 Å². The summed E-state index contributed by atoms with van der Waals surface area (Å²) in [5, 5.41) is 8.92. The zero-order chi connectivity index (χ0) is 19.5. The van der Waals surface area contributed by atoms with Gasteiger partial charge in [0.05, 0.1) is 22.9 Å². The van der Waals surface area contributed by atoms with E-state index in [-0.39, 0.29) is 11.9 Å². The number of aryl methyl sites for hydroxylation is 1. The van der Waals surface area contributed by atoms with Gasteiger partial charge in [0.1, 0.15) is 4.83 Å². The number of hydrogen-bond donors (Lipinski definition) is 1. The fraction of sp³-hybridized carbons (Fsp3) is 0.429. The van der Waals surface area contributed by atoms with Crippen molar-refractivity contribution in [1.82, 2.24) is 20.0 Å². The summed E-state index contributed by atoms with van der Waals surface area (Å²) in [5.41, 5.74) is 1.96. The number of likely N-dealkylation sites (tertiary alicyclic amines) is 1. The van der Waals surface area contributed by atoms with Crippen LogP contribution in [0.1, 0.15) is 28.2 Å². The number of nitrogens with zero attached hydrogens (tertiary/aromatic N) is 3. The number of fused-ring (bicyclic) bond motifs is 1. The number of hydrogen-bond acceptors (Lipinski definition) is 5. The SMILES string of the molecule is COCCN1CCC(NC(=O)c2cc3c(C)nn(-c4ccccc4)c3s2)CC1. The molecule has 28 heavy (non-hydrogen) atoms. The van der Waals surface area contributed by atoms with E-state index in [1.54, 1.807) is 7.11 Å². The Kier molecular flexibility index (Phi) is 5.75. The van der Waals surface area contributed by atoms with Crippen LogP contribution < -0.4 is 5.32 Å². The molecule has 3 aromatic rings. The molecule has 1 saturated heterocycles. The second-order valence-electron chi connectivity index (χ2n) is 7.24. The number of amides is 1. The molecule has 0 radical (unpaired) electrons. The maximum absolute atomic E-state index is 12.8. The smallest absolute Gasteiger partial charge is 0.261 e. The van der Waals surface area contributed by atoms with Crippen LogP contribution in [-0.4, -0.2) is 60.0 Å². The average molecular weight is 399 g/mol. The fourth-order valence-electron chi connectivity index (χ4n) is 3.68. The molecule has 1 aliphatic heterocycles. The zero-order valence-electron chi connectivity index (χ0n) is 16.4. The van der Waals surface area contributed by atoms with Gasteiger partial charge in [-0.1, -0.05) is 18.2 Å². The minimum absolute atomic E-state index is 0.0237. The predicted octanol–water partition coefficient (Wildman–Crippen LogP) is 3.24. The number of piperidine rings is 1. The van der Waals surface area contributed by atoms with Gasteiger partial charge in [-0.2, -0.15) is 5.10 Å². The van der Waals surface area contributed by atoms with Gasteiger partial charge in [-0.25, -0.2) is 4.68 Å². The van der Waals surface area contributed by atoms with Gasteiger partial charge in [-0.3, -0.25) is 4.79 Å². The molecule has 0 aliphatic carbocycles. The van der Waals surface area contributed by atoms with Crippen molar-refractivity contribution in [2.75, 3.05) is 33.4 Å². The molecule has 1 fully saturated rings. The van der Waals surface area contributed by atoms with Gasteiger partial charge in [-0.05, 0) is 38.0 Å². The number of carbonyl (C=O) groups excluding carboxylic acids is 1. The second kappa shape index (κ2) is 8.43. The van der Waals surface area contributed by atoms with Crippen molar-refractivity contribution in [3.63, 3.8) is 0 Å². The maximum Gasteiger partial charge on any atom is 0.261 e. The first-order valence-corrected chi connectivity index (χ1v) is 10.5. The van der Waals surface area contributed by atoms with Crippen LogP contribution in [0.5, 0.6) is 0 Å². The molecule has 0 spiro atoms. The molecule has 1 N–H and O–H groups in total. The lowest BCUT2D eigenvalue weighted by atomic mass is 10.1. The Balaban J connectivity index is 1.45. The van der Waals surface area contributed by atoms with E-state index < -0.39 is 0 Å². The van der Waals surface area contributed by atoms with E-state index >= 15 is 0 Å². The van der Waals surface area contributed by atoms with Crippen LogP contribution in [0, 0.1) is 6.92 Å². The molecule has 3 heterocycles. The summed E-state index contributed by atoms with van der Waals surface area (Å²) in [6.45, 7) is 5.72. The van der Waals surface area contributed by atoms with Gasteiger partial charge in [0.15, 0.2) is 0 Å². The van der Waals surface area contributed by atoms with Crippen molar-refractivity contribution in [1.29, 1.82) is 0 Å². The molecule has 1 aromatic carbocycles. The number of methoxy groups -OCH3 is 1. The Bertz CT molecular complexity index is 942. The molecule has 0 unspecified atom stereocenters. The number of aromatic nitrogens is 2. The van der Waals surface area contributed by atoms with Crippen LogP contribution in [0.4, 0.5) is 0 Å². The fourth-order valence-corrected chi connectivity index (χ4v) is 4.77. The summed E-state index contributed by atoms with van der Waals surface area (Å²) in [6.07, 6.45) is 1.97. The normalized spacial score (nSPS) is 15.9. The van der Waals surface area contributed by atoms with Gasteiger partial charge >= 0.3 is 0 Å². The topological polar surface area (TPSA) is 59.4 Å². The van der Waals surface area contributed by atoms with E-state index in [0.717, 1.165) is 65.6 Å². The maximum atomic E-state index is 12.8. The Morgan fingerprint density at radius 2 is 2.04 bits per heavy atom. The minimum atomic E-state index is 0.0237. The van der Waals surface area contributed by atoms with Crippen molar-refractivity contribution in [3.05, 3.63) is 47.0 Å². The van der Waals surface area contributed by atoms with Gasteiger partial charge in [0, 0.05) is 38.2 Å². The number of carbonyl (C=O) groups is 1. The van der Waals surface area contributed by atoms with E-state index in [0.29, 0.717) is 0 Å². The lowest BCUT2D eigenvalue weighted by Crippen LogP contribution is -2.45. The first-order valence-electron chi connectivity index (χ1n) is 9.72. The highest BCUT2D eigenvalue weighted by Gasteiger charge is 2.23. The summed E-state index contributed by atoms with van der Waals surface area (Å²) >= 11 is 1.51. The summed E-state index contributed by atoms with van der Waals surface area (Å²) in [6, 6.07) is 12.3.